The summed E-state index contributed by atoms with van der Waals surface area (Å²) in [7, 11) is 0. The van der Waals surface area contributed by atoms with Gasteiger partial charge in [0.2, 0.25) is 0 Å². The van der Waals surface area contributed by atoms with Crippen LogP contribution in [-0.2, 0) is 4.79 Å². The van der Waals surface area contributed by atoms with Crippen molar-refractivity contribution >= 4 is 5.78 Å². The van der Waals surface area contributed by atoms with Gasteiger partial charge >= 0.3 is 0 Å². The number of rotatable bonds is 7. The second-order valence-corrected chi connectivity index (χ2v) is 3.06. The lowest BCUT2D eigenvalue weighted by Gasteiger charge is -2.07. The smallest absolute Gasteiger partial charge is 0.149 e. The Kier molecular flexibility index (Phi) is 7.00. The zero-order valence-electron chi connectivity index (χ0n) is 7.88. The average Bonchev–Trinajstić information content (AvgIpc) is 2.10. The lowest BCUT2D eigenvalue weighted by Crippen LogP contribution is -2.29. The molecule has 0 spiro atoms. The molecular formula is C9H20N2O. The van der Waals surface area contributed by atoms with Crippen molar-refractivity contribution in [3.8, 4) is 0 Å². The van der Waals surface area contributed by atoms with Gasteiger partial charge < -0.3 is 11.5 Å². The molecule has 0 aliphatic rings. The number of unbranched alkanes of at least 4 members (excludes halogenated alkanes) is 2. The van der Waals surface area contributed by atoms with E-state index in [1.807, 2.05) is 6.92 Å². The Morgan fingerprint density at radius 3 is 2.50 bits per heavy atom. The second-order valence-electron chi connectivity index (χ2n) is 3.06. The molecule has 0 saturated heterocycles. The number of hydrogen-bond donors (Lipinski definition) is 2. The molecule has 0 saturated carbocycles. The quantitative estimate of drug-likeness (QED) is 0.558. The van der Waals surface area contributed by atoms with Crippen molar-refractivity contribution < 1.29 is 4.79 Å². The molecule has 0 bridgehead atoms. The van der Waals surface area contributed by atoms with Crippen molar-refractivity contribution in [2.45, 2.75) is 45.1 Å². The maximum absolute atomic E-state index is 11.0. The van der Waals surface area contributed by atoms with Crippen molar-refractivity contribution in [2.75, 3.05) is 6.54 Å². The highest BCUT2D eigenvalue weighted by molar-refractivity contribution is 5.83. The first-order valence-corrected chi connectivity index (χ1v) is 4.70. The molecule has 0 aliphatic carbocycles. The molecule has 0 radical (unpaired) electrons. The number of Topliss-reactive ketones (excluding diaryl/α,β-unsaturated/α-hetero) is 1. The maximum Gasteiger partial charge on any atom is 0.149 e. The molecule has 3 nitrogen and oxygen atoms in total. The fourth-order valence-corrected chi connectivity index (χ4v) is 1.11. The molecule has 0 aromatic rings. The SMILES string of the molecule is CCC(=O)[C@@H](N)CCCCCN. The minimum absolute atomic E-state index is 0.169. The van der Waals surface area contributed by atoms with E-state index in [0.717, 1.165) is 32.2 Å². The van der Waals surface area contributed by atoms with Crippen molar-refractivity contribution in [3.05, 3.63) is 0 Å². The zero-order valence-corrected chi connectivity index (χ0v) is 7.88. The average molecular weight is 172 g/mol. The summed E-state index contributed by atoms with van der Waals surface area (Å²) >= 11 is 0. The predicted octanol–water partition coefficient (Wildman–Crippen LogP) is 0.812. The van der Waals surface area contributed by atoms with Crippen LogP contribution in [-0.4, -0.2) is 18.4 Å². The Morgan fingerprint density at radius 2 is 2.00 bits per heavy atom. The molecule has 3 heteroatoms. The first-order chi connectivity index (χ1) is 5.72. The molecule has 0 amide bonds. The van der Waals surface area contributed by atoms with E-state index in [0.29, 0.717) is 6.42 Å². The zero-order chi connectivity index (χ0) is 9.40. The van der Waals surface area contributed by atoms with Gasteiger partial charge in [-0.05, 0) is 19.4 Å². The van der Waals surface area contributed by atoms with Crippen LogP contribution < -0.4 is 11.5 Å². The number of nitrogens with two attached hydrogens (primary N) is 2. The van der Waals surface area contributed by atoms with Crippen LogP contribution in [0.1, 0.15) is 39.0 Å². The van der Waals surface area contributed by atoms with Gasteiger partial charge in [-0.25, -0.2) is 0 Å². The van der Waals surface area contributed by atoms with Gasteiger partial charge in [0.1, 0.15) is 5.78 Å². The topological polar surface area (TPSA) is 69.1 Å². The van der Waals surface area contributed by atoms with Gasteiger partial charge in [-0.3, -0.25) is 4.79 Å². The summed E-state index contributed by atoms with van der Waals surface area (Å²) < 4.78 is 0. The van der Waals surface area contributed by atoms with Gasteiger partial charge in [-0.2, -0.15) is 0 Å². The predicted molar refractivity (Wildman–Crippen MR) is 50.8 cm³/mol. The van der Waals surface area contributed by atoms with E-state index >= 15 is 0 Å². The summed E-state index contributed by atoms with van der Waals surface area (Å²) in [6, 6.07) is -0.243. The molecule has 0 aliphatic heterocycles. The van der Waals surface area contributed by atoms with E-state index in [4.69, 9.17) is 11.5 Å². The molecule has 0 rings (SSSR count). The number of ketones is 1. The molecule has 0 aromatic carbocycles. The first-order valence-electron chi connectivity index (χ1n) is 4.70. The third-order valence-electron chi connectivity index (χ3n) is 1.98. The molecule has 12 heavy (non-hydrogen) atoms. The van der Waals surface area contributed by atoms with Gasteiger partial charge in [0.15, 0.2) is 0 Å². The Hall–Kier alpha value is -0.410. The van der Waals surface area contributed by atoms with Crippen LogP contribution in [0.25, 0.3) is 0 Å². The monoisotopic (exact) mass is 172 g/mol. The Bertz CT molecular complexity index is 126. The van der Waals surface area contributed by atoms with Crippen LogP contribution in [0.3, 0.4) is 0 Å². The third kappa shape index (κ3) is 5.27. The molecular weight excluding hydrogens is 152 g/mol. The summed E-state index contributed by atoms with van der Waals surface area (Å²) in [5.41, 5.74) is 11.0. The molecule has 72 valence electrons. The summed E-state index contributed by atoms with van der Waals surface area (Å²) in [5.74, 6) is 0.169. The lowest BCUT2D eigenvalue weighted by molar-refractivity contribution is -0.120. The first kappa shape index (κ1) is 11.6. The van der Waals surface area contributed by atoms with Crippen LogP contribution in [0.15, 0.2) is 0 Å². The maximum atomic E-state index is 11.0. The lowest BCUT2D eigenvalue weighted by atomic mass is 10.0. The van der Waals surface area contributed by atoms with Gasteiger partial charge in [0.25, 0.3) is 0 Å². The highest BCUT2D eigenvalue weighted by atomic mass is 16.1. The molecule has 0 unspecified atom stereocenters. The highest BCUT2D eigenvalue weighted by Crippen LogP contribution is 2.03. The van der Waals surface area contributed by atoms with Crippen molar-refractivity contribution in [2.24, 2.45) is 11.5 Å². The van der Waals surface area contributed by atoms with Crippen LogP contribution in [0.4, 0.5) is 0 Å². The van der Waals surface area contributed by atoms with E-state index in [9.17, 15) is 4.79 Å². The number of carbonyl (C=O) groups is 1. The normalized spacial score (nSPS) is 12.9. The summed E-state index contributed by atoms with van der Waals surface area (Å²) in [6.45, 7) is 2.58. The van der Waals surface area contributed by atoms with Gasteiger partial charge in [0.05, 0.1) is 6.04 Å². The van der Waals surface area contributed by atoms with E-state index in [1.54, 1.807) is 0 Å². The van der Waals surface area contributed by atoms with Crippen molar-refractivity contribution in [1.82, 2.24) is 0 Å². The van der Waals surface area contributed by atoms with Gasteiger partial charge in [-0.1, -0.05) is 19.8 Å². The fraction of sp³-hybridized carbons (Fsp3) is 0.889. The minimum Gasteiger partial charge on any atom is -0.330 e. The molecule has 0 aromatic heterocycles. The summed E-state index contributed by atoms with van der Waals surface area (Å²) in [6.07, 6.45) is 4.50. The van der Waals surface area contributed by atoms with Crippen molar-refractivity contribution in [1.29, 1.82) is 0 Å². The van der Waals surface area contributed by atoms with Gasteiger partial charge in [-0.15, -0.1) is 0 Å². The molecule has 1 atom stereocenters. The van der Waals surface area contributed by atoms with Crippen LogP contribution in [0.5, 0.6) is 0 Å². The molecule has 4 N–H and O–H groups in total. The molecule has 0 heterocycles. The summed E-state index contributed by atoms with van der Waals surface area (Å²) in [4.78, 5) is 11.0. The van der Waals surface area contributed by atoms with Crippen LogP contribution in [0.2, 0.25) is 0 Å². The second kappa shape index (κ2) is 7.25. The Labute approximate surface area is 74.5 Å². The minimum atomic E-state index is -0.243. The number of hydrogen-bond acceptors (Lipinski definition) is 3. The molecule has 0 fully saturated rings. The third-order valence-corrected chi connectivity index (χ3v) is 1.98. The Morgan fingerprint density at radius 1 is 1.33 bits per heavy atom. The van der Waals surface area contributed by atoms with E-state index in [2.05, 4.69) is 0 Å². The number of carbonyl (C=O) groups excluding carboxylic acids is 1. The largest absolute Gasteiger partial charge is 0.330 e. The highest BCUT2D eigenvalue weighted by Gasteiger charge is 2.09. The van der Waals surface area contributed by atoms with E-state index < -0.39 is 0 Å². The Balaban J connectivity index is 3.31. The fourth-order valence-electron chi connectivity index (χ4n) is 1.11. The van der Waals surface area contributed by atoms with Crippen LogP contribution >= 0.6 is 0 Å². The van der Waals surface area contributed by atoms with E-state index in [1.165, 1.54) is 0 Å². The van der Waals surface area contributed by atoms with Gasteiger partial charge in [0, 0.05) is 6.42 Å². The van der Waals surface area contributed by atoms with Crippen LogP contribution in [0, 0.1) is 0 Å². The van der Waals surface area contributed by atoms with Crippen molar-refractivity contribution in [3.63, 3.8) is 0 Å². The summed E-state index contributed by atoms with van der Waals surface area (Å²) in [5, 5.41) is 0. The standard InChI is InChI=1S/C9H20N2O/c1-2-9(12)8(11)6-4-3-5-7-10/h8H,2-7,10-11H2,1H3/t8-/m0/s1. The van der Waals surface area contributed by atoms with E-state index in [-0.39, 0.29) is 11.8 Å².